The maximum atomic E-state index is 12.5. The number of thiophene rings is 1. The predicted octanol–water partition coefficient (Wildman–Crippen LogP) is 3.17. The van der Waals surface area contributed by atoms with Crippen molar-refractivity contribution in [3.63, 3.8) is 0 Å². The molecule has 0 unspecified atom stereocenters. The third-order valence-electron chi connectivity index (χ3n) is 3.79. The minimum Gasteiger partial charge on any atom is -0.497 e. The number of carbonyl (C=O) groups is 1. The molecule has 0 fully saturated rings. The molecule has 0 bridgehead atoms. The van der Waals surface area contributed by atoms with Gasteiger partial charge in [-0.25, -0.2) is 4.98 Å². The highest BCUT2D eigenvalue weighted by molar-refractivity contribution is 7.20. The van der Waals surface area contributed by atoms with Gasteiger partial charge in [0.05, 0.1) is 17.4 Å². The van der Waals surface area contributed by atoms with E-state index in [0.717, 1.165) is 0 Å². The highest BCUT2D eigenvalue weighted by atomic mass is 32.1. The monoisotopic (exact) mass is 351 g/mol. The Labute approximate surface area is 146 Å². The molecule has 1 amide bonds. The van der Waals surface area contributed by atoms with E-state index in [1.54, 1.807) is 55.8 Å². The highest BCUT2D eigenvalue weighted by Gasteiger charge is 2.15. The molecule has 6 nitrogen and oxygen atoms in total. The molecule has 0 spiro atoms. The number of fused-ring (bicyclic) bond motifs is 2. The van der Waals surface area contributed by atoms with Crippen LogP contribution in [-0.4, -0.2) is 22.4 Å². The summed E-state index contributed by atoms with van der Waals surface area (Å²) >= 11 is 1.20. The largest absolute Gasteiger partial charge is 0.497 e. The van der Waals surface area contributed by atoms with Gasteiger partial charge in [0.25, 0.3) is 11.5 Å². The van der Waals surface area contributed by atoms with E-state index in [1.165, 1.54) is 15.7 Å². The van der Waals surface area contributed by atoms with Crippen molar-refractivity contribution in [1.82, 2.24) is 9.38 Å². The number of carbonyl (C=O) groups excluding carboxylic acids is 1. The molecule has 4 rings (SSSR count). The van der Waals surface area contributed by atoms with Gasteiger partial charge < -0.3 is 10.1 Å². The van der Waals surface area contributed by atoms with Crippen LogP contribution < -0.4 is 15.6 Å². The number of hydrogen-bond donors (Lipinski definition) is 1. The van der Waals surface area contributed by atoms with Crippen LogP contribution >= 0.6 is 11.3 Å². The molecule has 0 atom stereocenters. The number of rotatable bonds is 3. The van der Waals surface area contributed by atoms with Crippen LogP contribution in [0.15, 0.2) is 59.5 Å². The molecular weight excluding hydrogens is 338 g/mol. The number of benzene rings is 1. The molecule has 124 valence electrons. The zero-order valence-corrected chi connectivity index (χ0v) is 14.0. The van der Waals surface area contributed by atoms with E-state index in [4.69, 9.17) is 4.74 Å². The molecule has 0 saturated heterocycles. The number of amides is 1. The summed E-state index contributed by atoms with van der Waals surface area (Å²) < 4.78 is 6.57. The average molecular weight is 351 g/mol. The second-order valence-electron chi connectivity index (χ2n) is 5.36. The molecule has 0 saturated carbocycles. The molecule has 1 aromatic carbocycles. The Bertz CT molecular complexity index is 1150. The molecule has 0 aliphatic carbocycles. The molecule has 25 heavy (non-hydrogen) atoms. The first kappa shape index (κ1) is 15.3. The van der Waals surface area contributed by atoms with Gasteiger partial charge in [-0.15, -0.1) is 11.3 Å². The van der Waals surface area contributed by atoms with Crippen molar-refractivity contribution < 1.29 is 9.53 Å². The summed E-state index contributed by atoms with van der Waals surface area (Å²) in [5.41, 5.74) is 1.03. The Morgan fingerprint density at radius 2 is 2.00 bits per heavy atom. The fourth-order valence-corrected chi connectivity index (χ4v) is 3.45. The summed E-state index contributed by atoms with van der Waals surface area (Å²) in [6, 6.07) is 14.0. The van der Waals surface area contributed by atoms with Gasteiger partial charge in [-0.2, -0.15) is 0 Å². The number of aromatic nitrogens is 2. The standard InChI is InChI=1S/C18H13N3O3S/c1-24-12-7-5-11(6-8-12)19-16(22)14-10-13-17(25-14)20-15-4-2-3-9-21(15)18(13)23/h2-10H,1H3,(H,19,22). The Kier molecular flexibility index (Phi) is 3.70. The normalized spacial score (nSPS) is 10.9. The number of anilines is 1. The first-order valence-electron chi connectivity index (χ1n) is 7.52. The fourth-order valence-electron chi connectivity index (χ4n) is 2.53. The van der Waals surface area contributed by atoms with E-state index in [1.807, 2.05) is 6.07 Å². The van der Waals surface area contributed by atoms with E-state index >= 15 is 0 Å². The second kappa shape index (κ2) is 6.03. The van der Waals surface area contributed by atoms with Crippen LogP contribution in [-0.2, 0) is 0 Å². The molecule has 0 radical (unpaired) electrons. The van der Waals surface area contributed by atoms with Crippen molar-refractivity contribution in [2.45, 2.75) is 0 Å². The maximum Gasteiger partial charge on any atom is 0.266 e. The molecule has 0 aliphatic heterocycles. The topological polar surface area (TPSA) is 72.7 Å². The van der Waals surface area contributed by atoms with Crippen LogP contribution in [0.4, 0.5) is 5.69 Å². The molecular formula is C18H13N3O3S. The van der Waals surface area contributed by atoms with Gasteiger partial charge in [-0.1, -0.05) is 6.07 Å². The highest BCUT2D eigenvalue weighted by Crippen LogP contribution is 2.23. The van der Waals surface area contributed by atoms with Crippen molar-refractivity contribution >= 4 is 38.8 Å². The van der Waals surface area contributed by atoms with Gasteiger partial charge in [0, 0.05) is 11.9 Å². The van der Waals surface area contributed by atoms with Crippen molar-refractivity contribution in [3.8, 4) is 5.75 Å². The van der Waals surface area contributed by atoms with Crippen molar-refractivity contribution in [1.29, 1.82) is 0 Å². The lowest BCUT2D eigenvalue weighted by molar-refractivity contribution is 0.103. The maximum absolute atomic E-state index is 12.5. The third kappa shape index (κ3) is 2.74. The van der Waals surface area contributed by atoms with Crippen molar-refractivity contribution in [2.24, 2.45) is 0 Å². The molecule has 0 aliphatic rings. The van der Waals surface area contributed by atoms with Crippen LogP contribution in [0.2, 0.25) is 0 Å². The van der Waals surface area contributed by atoms with Gasteiger partial charge in [0.1, 0.15) is 16.2 Å². The smallest absolute Gasteiger partial charge is 0.266 e. The van der Waals surface area contributed by atoms with E-state index in [0.29, 0.717) is 32.2 Å². The third-order valence-corrected chi connectivity index (χ3v) is 4.82. The first-order valence-corrected chi connectivity index (χ1v) is 8.34. The van der Waals surface area contributed by atoms with E-state index in [9.17, 15) is 9.59 Å². The molecule has 1 N–H and O–H groups in total. The average Bonchev–Trinajstić information content (AvgIpc) is 3.07. The van der Waals surface area contributed by atoms with Crippen molar-refractivity contribution in [2.75, 3.05) is 12.4 Å². The second-order valence-corrected chi connectivity index (χ2v) is 6.39. The van der Waals surface area contributed by atoms with Crippen LogP contribution in [0.25, 0.3) is 15.9 Å². The summed E-state index contributed by atoms with van der Waals surface area (Å²) in [4.78, 5) is 30.5. The number of nitrogens with zero attached hydrogens (tertiary/aromatic N) is 2. The van der Waals surface area contributed by atoms with E-state index in [2.05, 4.69) is 10.3 Å². The van der Waals surface area contributed by atoms with E-state index < -0.39 is 0 Å². The number of methoxy groups -OCH3 is 1. The van der Waals surface area contributed by atoms with Gasteiger partial charge in [-0.3, -0.25) is 14.0 Å². The fraction of sp³-hybridized carbons (Fsp3) is 0.0556. The lowest BCUT2D eigenvalue weighted by atomic mass is 10.3. The van der Waals surface area contributed by atoms with Gasteiger partial charge >= 0.3 is 0 Å². The van der Waals surface area contributed by atoms with Crippen LogP contribution in [0, 0.1) is 0 Å². The van der Waals surface area contributed by atoms with Crippen molar-refractivity contribution in [3.05, 3.63) is 70.0 Å². The number of pyridine rings is 1. The van der Waals surface area contributed by atoms with Gasteiger partial charge in [0.2, 0.25) is 0 Å². The summed E-state index contributed by atoms with van der Waals surface area (Å²) in [6.07, 6.45) is 1.67. The Balaban J connectivity index is 1.71. The predicted molar refractivity (Wildman–Crippen MR) is 97.8 cm³/mol. The Morgan fingerprint density at radius 1 is 1.20 bits per heavy atom. The lowest BCUT2D eigenvalue weighted by Crippen LogP contribution is -2.13. The summed E-state index contributed by atoms with van der Waals surface area (Å²) in [5.74, 6) is 0.436. The number of ether oxygens (including phenoxy) is 1. The quantitative estimate of drug-likeness (QED) is 0.615. The van der Waals surface area contributed by atoms with Crippen LogP contribution in [0.3, 0.4) is 0 Å². The van der Waals surface area contributed by atoms with Crippen LogP contribution in [0.1, 0.15) is 9.67 Å². The molecule has 7 heteroatoms. The minimum atomic E-state index is -0.276. The Morgan fingerprint density at radius 3 is 2.76 bits per heavy atom. The zero-order valence-electron chi connectivity index (χ0n) is 13.2. The molecule has 3 heterocycles. The summed E-state index contributed by atoms with van der Waals surface area (Å²) in [6.45, 7) is 0. The minimum absolute atomic E-state index is 0.180. The van der Waals surface area contributed by atoms with Gasteiger partial charge in [0.15, 0.2) is 0 Å². The molecule has 3 aromatic heterocycles. The van der Waals surface area contributed by atoms with Crippen LogP contribution in [0.5, 0.6) is 5.75 Å². The molecule has 4 aromatic rings. The Hall–Kier alpha value is -3.19. The number of hydrogen-bond acceptors (Lipinski definition) is 5. The van der Waals surface area contributed by atoms with E-state index in [-0.39, 0.29) is 11.5 Å². The number of nitrogens with one attached hydrogen (secondary N) is 1. The SMILES string of the molecule is COc1ccc(NC(=O)c2cc3c(=O)n4ccccc4nc3s2)cc1. The summed E-state index contributed by atoms with van der Waals surface area (Å²) in [7, 11) is 1.58. The first-order chi connectivity index (χ1) is 12.2. The lowest BCUT2D eigenvalue weighted by Gasteiger charge is -2.04. The zero-order chi connectivity index (χ0) is 17.4. The van der Waals surface area contributed by atoms with Gasteiger partial charge in [-0.05, 0) is 42.5 Å². The summed E-state index contributed by atoms with van der Waals surface area (Å²) in [5, 5.41) is 3.25.